The topological polar surface area (TPSA) is 21.3 Å². The fourth-order valence-corrected chi connectivity index (χ4v) is 3.64. The van der Waals surface area contributed by atoms with Crippen LogP contribution in [-0.4, -0.2) is 13.7 Å². The van der Waals surface area contributed by atoms with E-state index in [0.717, 1.165) is 30.8 Å². The summed E-state index contributed by atoms with van der Waals surface area (Å²) in [4.78, 5) is 1.45. The van der Waals surface area contributed by atoms with Crippen molar-refractivity contribution in [1.82, 2.24) is 0 Å². The molecule has 1 aliphatic heterocycles. The third kappa shape index (κ3) is 2.72. The first-order valence-electron chi connectivity index (χ1n) is 6.39. The van der Waals surface area contributed by atoms with Crippen LogP contribution in [0.2, 0.25) is 5.02 Å². The van der Waals surface area contributed by atoms with Crippen molar-refractivity contribution in [3.05, 3.63) is 45.1 Å². The van der Waals surface area contributed by atoms with Crippen LogP contribution >= 0.6 is 22.9 Å². The predicted octanol–water partition coefficient (Wildman–Crippen LogP) is 4.24. The Morgan fingerprint density at radius 2 is 2.37 bits per heavy atom. The Kier molecular flexibility index (Phi) is 3.67. The molecule has 4 heteroatoms. The summed E-state index contributed by atoms with van der Waals surface area (Å²) >= 11 is 7.98. The first-order chi connectivity index (χ1) is 9.26. The number of thiophene rings is 1. The first-order valence-corrected chi connectivity index (χ1v) is 7.64. The molecule has 1 aromatic carbocycles. The highest BCUT2D eigenvalue weighted by atomic mass is 35.5. The number of anilines is 1. The molecule has 2 nitrogen and oxygen atoms in total. The van der Waals surface area contributed by atoms with E-state index in [2.05, 4.69) is 28.9 Å². The van der Waals surface area contributed by atoms with Gasteiger partial charge >= 0.3 is 0 Å². The average Bonchev–Trinajstić information content (AvgIpc) is 2.91. The minimum absolute atomic E-state index is 0.636. The lowest BCUT2D eigenvalue weighted by Crippen LogP contribution is -2.24. The number of benzene rings is 1. The first kappa shape index (κ1) is 12.8. The summed E-state index contributed by atoms with van der Waals surface area (Å²) in [5.74, 6) is 1.40. The van der Waals surface area contributed by atoms with E-state index in [0.29, 0.717) is 10.9 Å². The van der Waals surface area contributed by atoms with E-state index in [1.165, 1.54) is 10.4 Å². The fraction of sp³-hybridized carbons (Fsp3) is 0.333. The number of rotatable bonds is 3. The Bertz CT molecular complexity index is 568. The Labute approximate surface area is 122 Å². The van der Waals surface area contributed by atoms with Crippen molar-refractivity contribution < 1.29 is 4.74 Å². The molecular weight excluding hydrogens is 278 g/mol. The molecule has 0 saturated carbocycles. The number of ether oxygens (including phenoxy) is 1. The second-order valence-electron chi connectivity index (χ2n) is 4.88. The summed E-state index contributed by atoms with van der Waals surface area (Å²) in [6.07, 6.45) is 2.21. The summed E-state index contributed by atoms with van der Waals surface area (Å²) in [5, 5.41) is 6.29. The molecule has 0 fully saturated rings. The summed E-state index contributed by atoms with van der Waals surface area (Å²) in [7, 11) is 1.66. The van der Waals surface area contributed by atoms with Crippen molar-refractivity contribution in [2.45, 2.75) is 12.8 Å². The fourth-order valence-electron chi connectivity index (χ4n) is 2.58. The van der Waals surface area contributed by atoms with Crippen LogP contribution < -0.4 is 10.1 Å². The van der Waals surface area contributed by atoms with Gasteiger partial charge in [0.1, 0.15) is 5.75 Å². The molecule has 0 saturated heterocycles. The highest BCUT2D eigenvalue weighted by Gasteiger charge is 2.20. The lowest BCUT2D eigenvalue weighted by Gasteiger charge is -2.26. The molecule has 2 heterocycles. The van der Waals surface area contributed by atoms with Crippen LogP contribution in [0.1, 0.15) is 10.4 Å². The monoisotopic (exact) mass is 293 g/mol. The van der Waals surface area contributed by atoms with Gasteiger partial charge in [-0.05, 0) is 47.9 Å². The zero-order chi connectivity index (χ0) is 13.2. The average molecular weight is 294 g/mol. The van der Waals surface area contributed by atoms with Gasteiger partial charge in [-0.25, -0.2) is 0 Å². The summed E-state index contributed by atoms with van der Waals surface area (Å²) < 4.78 is 5.29. The van der Waals surface area contributed by atoms with Crippen molar-refractivity contribution in [3.63, 3.8) is 0 Å². The molecule has 0 bridgehead atoms. The van der Waals surface area contributed by atoms with Gasteiger partial charge in [-0.1, -0.05) is 17.7 Å². The van der Waals surface area contributed by atoms with Gasteiger partial charge in [-0.3, -0.25) is 0 Å². The van der Waals surface area contributed by atoms with E-state index >= 15 is 0 Å². The van der Waals surface area contributed by atoms with Crippen LogP contribution in [0.3, 0.4) is 0 Å². The molecule has 19 heavy (non-hydrogen) atoms. The van der Waals surface area contributed by atoms with E-state index in [9.17, 15) is 0 Å². The normalized spacial score (nSPS) is 17.7. The van der Waals surface area contributed by atoms with Crippen LogP contribution in [-0.2, 0) is 12.8 Å². The lowest BCUT2D eigenvalue weighted by atomic mass is 9.91. The molecule has 0 radical (unpaired) electrons. The van der Waals surface area contributed by atoms with Gasteiger partial charge in [0.2, 0.25) is 0 Å². The number of methoxy groups -OCH3 is 1. The molecule has 0 spiro atoms. The van der Waals surface area contributed by atoms with Gasteiger partial charge in [0.25, 0.3) is 0 Å². The molecule has 1 aliphatic rings. The Morgan fingerprint density at radius 1 is 1.47 bits per heavy atom. The van der Waals surface area contributed by atoms with E-state index in [-0.39, 0.29) is 0 Å². The number of hydrogen-bond donors (Lipinski definition) is 1. The largest absolute Gasteiger partial charge is 0.495 e. The van der Waals surface area contributed by atoms with Crippen LogP contribution in [0, 0.1) is 5.92 Å². The van der Waals surface area contributed by atoms with Gasteiger partial charge in [-0.15, -0.1) is 11.3 Å². The van der Waals surface area contributed by atoms with Crippen molar-refractivity contribution in [2.24, 2.45) is 5.92 Å². The van der Waals surface area contributed by atoms with Crippen LogP contribution in [0.25, 0.3) is 0 Å². The van der Waals surface area contributed by atoms with Crippen molar-refractivity contribution >= 4 is 28.6 Å². The second-order valence-corrected chi connectivity index (χ2v) is 6.32. The standard InChI is InChI=1S/C15H16ClNOS/c1-18-15-7-11-5-10(6-12-3-2-4-19-12)9-17-14(11)8-13(15)16/h2-4,7-8,10,17H,5-6,9H2,1H3. The van der Waals surface area contributed by atoms with E-state index in [1.807, 2.05) is 17.4 Å². The number of nitrogens with one attached hydrogen (secondary N) is 1. The maximum absolute atomic E-state index is 6.15. The summed E-state index contributed by atoms with van der Waals surface area (Å²) in [6.45, 7) is 1.01. The molecule has 1 N–H and O–H groups in total. The molecule has 0 aliphatic carbocycles. The van der Waals surface area contributed by atoms with E-state index in [1.54, 1.807) is 7.11 Å². The summed E-state index contributed by atoms with van der Waals surface area (Å²) in [5.41, 5.74) is 2.45. The molecule has 1 atom stereocenters. The zero-order valence-corrected chi connectivity index (χ0v) is 12.4. The van der Waals surface area contributed by atoms with Crippen LogP contribution in [0.5, 0.6) is 5.75 Å². The number of hydrogen-bond acceptors (Lipinski definition) is 3. The predicted molar refractivity (Wildman–Crippen MR) is 81.7 cm³/mol. The van der Waals surface area contributed by atoms with Gasteiger partial charge < -0.3 is 10.1 Å². The Balaban J connectivity index is 1.79. The third-order valence-electron chi connectivity index (χ3n) is 3.54. The molecule has 2 aromatic rings. The van der Waals surface area contributed by atoms with Crippen molar-refractivity contribution in [2.75, 3.05) is 19.0 Å². The minimum atomic E-state index is 0.636. The highest BCUT2D eigenvalue weighted by molar-refractivity contribution is 7.09. The quantitative estimate of drug-likeness (QED) is 0.914. The number of halogens is 1. The number of fused-ring (bicyclic) bond motifs is 1. The summed E-state index contributed by atoms with van der Waals surface area (Å²) in [6, 6.07) is 8.36. The highest BCUT2D eigenvalue weighted by Crippen LogP contribution is 2.35. The third-order valence-corrected chi connectivity index (χ3v) is 4.73. The van der Waals surface area contributed by atoms with Gasteiger partial charge in [0.15, 0.2) is 0 Å². The van der Waals surface area contributed by atoms with Crippen LogP contribution in [0.4, 0.5) is 5.69 Å². The zero-order valence-electron chi connectivity index (χ0n) is 10.8. The van der Waals surface area contributed by atoms with E-state index < -0.39 is 0 Å². The van der Waals surface area contributed by atoms with Crippen LogP contribution in [0.15, 0.2) is 29.6 Å². The molecular formula is C15H16ClNOS. The molecule has 100 valence electrons. The molecule has 0 amide bonds. The van der Waals surface area contributed by atoms with Gasteiger partial charge in [0.05, 0.1) is 12.1 Å². The SMILES string of the molecule is COc1cc2c(cc1Cl)NCC(Cc1cccs1)C2. The second kappa shape index (κ2) is 5.43. The maximum Gasteiger partial charge on any atom is 0.137 e. The van der Waals surface area contributed by atoms with Crippen molar-refractivity contribution in [1.29, 1.82) is 0 Å². The van der Waals surface area contributed by atoms with Crippen molar-refractivity contribution in [3.8, 4) is 5.75 Å². The molecule has 1 unspecified atom stereocenters. The Morgan fingerprint density at radius 3 is 3.11 bits per heavy atom. The minimum Gasteiger partial charge on any atom is -0.495 e. The molecule has 3 rings (SSSR count). The lowest BCUT2D eigenvalue weighted by molar-refractivity contribution is 0.413. The Hall–Kier alpha value is -1.19. The van der Waals surface area contributed by atoms with Gasteiger partial charge in [0, 0.05) is 17.1 Å². The maximum atomic E-state index is 6.15. The molecule has 1 aromatic heterocycles. The van der Waals surface area contributed by atoms with E-state index in [4.69, 9.17) is 16.3 Å². The smallest absolute Gasteiger partial charge is 0.137 e. The van der Waals surface area contributed by atoms with Gasteiger partial charge in [-0.2, -0.15) is 0 Å².